The second-order valence-corrected chi connectivity index (χ2v) is 3.03. The largest absolute Gasteiger partial charge is 0.384 e. The van der Waals surface area contributed by atoms with Gasteiger partial charge in [-0.3, -0.25) is 0 Å². The van der Waals surface area contributed by atoms with Crippen molar-refractivity contribution in [3.8, 4) is 11.8 Å². The fraction of sp³-hybridized carbons (Fsp3) is 0.818. The van der Waals surface area contributed by atoms with Gasteiger partial charge in [-0.1, -0.05) is 44.9 Å². The lowest BCUT2D eigenvalue weighted by Gasteiger charge is -1.96. The molecule has 0 aromatic carbocycles. The van der Waals surface area contributed by atoms with Gasteiger partial charge in [-0.2, -0.15) is 0 Å². The molecule has 0 unspecified atom stereocenters. The van der Waals surface area contributed by atoms with Gasteiger partial charge in [-0.25, -0.2) is 0 Å². The highest BCUT2D eigenvalue weighted by Gasteiger charge is 1.87. The summed E-state index contributed by atoms with van der Waals surface area (Å²) in [6, 6.07) is 0. The molecule has 0 saturated heterocycles. The molecule has 1 N–H and O–H groups in total. The molecule has 0 aliphatic heterocycles. The molecule has 0 radical (unpaired) electrons. The van der Waals surface area contributed by atoms with Crippen molar-refractivity contribution in [3.63, 3.8) is 0 Å². The van der Waals surface area contributed by atoms with Crippen molar-refractivity contribution >= 4 is 0 Å². The lowest BCUT2D eigenvalue weighted by atomic mass is 10.1. The molecule has 0 aromatic heterocycles. The molecule has 0 aromatic rings. The molecule has 0 fully saturated rings. The smallest absolute Gasteiger partial charge is 0.104 e. The first-order valence-corrected chi connectivity index (χ1v) is 4.98. The molecule has 0 heterocycles. The Balaban J connectivity index is 2.91. The van der Waals surface area contributed by atoms with Gasteiger partial charge < -0.3 is 5.11 Å². The summed E-state index contributed by atoms with van der Waals surface area (Å²) < 4.78 is 0. The summed E-state index contributed by atoms with van der Waals surface area (Å²) >= 11 is 0. The van der Waals surface area contributed by atoms with E-state index in [1.54, 1.807) is 0 Å². The van der Waals surface area contributed by atoms with Gasteiger partial charge in [0, 0.05) is 6.42 Å². The maximum absolute atomic E-state index is 8.37. The van der Waals surface area contributed by atoms with E-state index in [1.165, 1.54) is 38.5 Å². The van der Waals surface area contributed by atoms with Crippen LogP contribution in [0.5, 0.6) is 0 Å². The highest BCUT2D eigenvalue weighted by molar-refractivity contribution is 4.98. The average Bonchev–Trinajstić information content (AvgIpc) is 2.10. The minimum absolute atomic E-state index is 0.00976. The van der Waals surface area contributed by atoms with Crippen molar-refractivity contribution in [3.05, 3.63) is 0 Å². The molecule has 0 bridgehead atoms. The quantitative estimate of drug-likeness (QED) is 0.477. The third-order valence-corrected chi connectivity index (χ3v) is 1.86. The first kappa shape index (κ1) is 11.5. The van der Waals surface area contributed by atoms with E-state index >= 15 is 0 Å². The first-order valence-electron chi connectivity index (χ1n) is 4.98. The Morgan fingerprint density at radius 2 is 1.58 bits per heavy atom. The monoisotopic (exact) mass is 168 g/mol. The highest BCUT2D eigenvalue weighted by atomic mass is 16.2. The zero-order chi connectivity index (χ0) is 9.07. The third-order valence-electron chi connectivity index (χ3n) is 1.86. The molecule has 0 aliphatic carbocycles. The summed E-state index contributed by atoms with van der Waals surface area (Å²) in [6.45, 7) is 2.24. The number of hydrogen-bond donors (Lipinski definition) is 1. The van der Waals surface area contributed by atoms with Crippen LogP contribution in [0.3, 0.4) is 0 Å². The highest BCUT2D eigenvalue weighted by Crippen LogP contribution is 2.05. The van der Waals surface area contributed by atoms with Gasteiger partial charge >= 0.3 is 0 Å². The molecule has 0 saturated carbocycles. The first-order chi connectivity index (χ1) is 5.91. The van der Waals surface area contributed by atoms with Crippen LogP contribution in [0.15, 0.2) is 0 Å². The minimum Gasteiger partial charge on any atom is -0.384 e. The topological polar surface area (TPSA) is 20.2 Å². The van der Waals surface area contributed by atoms with Crippen LogP contribution in [0.1, 0.15) is 51.9 Å². The van der Waals surface area contributed by atoms with Gasteiger partial charge in [0.25, 0.3) is 0 Å². The van der Waals surface area contributed by atoms with E-state index in [0.29, 0.717) is 0 Å². The van der Waals surface area contributed by atoms with Crippen LogP contribution in [0, 0.1) is 11.8 Å². The number of aliphatic hydroxyl groups is 1. The number of unbranched alkanes of at least 4 members (excludes halogenated alkanes) is 6. The van der Waals surface area contributed by atoms with Crippen LogP contribution in [0.2, 0.25) is 0 Å². The molecule has 12 heavy (non-hydrogen) atoms. The Labute approximate surface area is 76.2 Å². The standard InChI is InChI=1S/C11H20O/c1-2-3-4-5-6-7-8-9-10-11-12/h12H,2-8,11H2,1H3. The fourth-order valence-electron chi connectivity index (χ4n) is 1.14. The van der Waals surface area contributed by atoms with Crippen molar-refractivity contribution in [1.29, 1.82) is 0 Å². The van der Waals surface area contributed by atoms with Gasteiger partial charge in [0.2, 0.25) is 0 Å². The summed E-state index contributed by atoms with van der Waals surface area (Å²) in [5.74, 6) is 5.58. The van der Waals surface area contributed by atoms with Crippen molar-refractivity contribution < 1.29 is 5.11 Å². The van der Waals surface area contributed by atoms with Crippen molar-refractivity contribution in [2.24, 2.45) is 0 Å². The van der Waals surface area contributed by atoms with E-state index in [2.05, 4.69) is 18.8 Å². The van der Waals surface area contributed by atoms with E-state index in [0.717, 1.165) is 6.42 Å². The Hall–Kier alpha value is -0.480. The van der Waals surface area contributed by atoms with Gasteiger partial charge in [-0.05, 0) is 6.42 Å². The maximum atomic E-state index is 8.37. The zero-order valence-electron chi connectivity index (χ0n) is 8.10. The van der Waals surface area contributed by atoms with Crippen molar-refractivity contribution in [2.75, 3.05) is 6.61 Å². The molecule has 0 amide bonds. The maximum Gasteiger partial charge on any atom is 0.104 e. The fourth-order valence-corrected chi connectivity index (χ4v) is 1.14. The zero-order valence-corrected chi connectivity index (χ0v) is 8.10. The Morgan fingerprint density at radius 1 is 0.917 bits per heavy atom. The van der Waals surface area contributed by atoms with Crippen molar-refractivity contribution in [1.82, 2.24) is 0 Å². The van der Waals surface area contributed by atoms with Crippen LogP contribution < -0.4 is 0 Å². The minimum atomic E-state index is 0.00976. The molecule has 1 heteroatoms. The Morgan fingerprint density at radius 3 is 2.25 bits per heavy atom. The molecule has 0 aliphatic rings. The predicted octanol–water partition coefficient (Wildman–Crippen LogP) is 2.73. The molecule has 70 valence electrons. The average molecular weight is 168 g/mol. The summed E-state index contributed by atoms with van der Waals surface area (Å²) in [7, 11) is 0. The van der Waals surface area contributed by atoms with Gasteiger partial charge in [0.15, 0.2) is 0 Å². The Kier molecular flexibility index (Phi) is 10.1. The van der Waals surface area contributed by atoms with E-state index < -0.39 is 0 Å². The summed E-state index contributed by atoms with van der Waals surface area (Å²) in [5.41, 5.74) is 0. The molecule has 0 rings (SSSR count). The third kappa shape index (κ3) is 9.52. The van der Waals surface area contributed by atoms with Crippen LogP contribution in [-0.4, -0.2) is 11.7 Å². The molecule has 0 atom stereocenters. The molecular weight excluding hydrogens is 148 g/mol. The summed E-state index contributed by atoms with van der Waals surface area (Å²) in [6.07, 6.45) is 8.81. The van der Waals surface area contributed by atoms with Gasteiger partial charge in [0.05, 0.1) is 0 Å². The van der Waals surface area contributed by atoms with Crippen molar-refractivity contribution in [2.45, 2.75) is 51.9 Å². The van der Waals surface area contributed by atoms with Gasteiger partial charge in [-0.15, -0.1) is 5.92 Å². The second-order valence-electron chi connectivity index (χ2n) is 3.03. The summed E-state index contributed by atoms with van der Waals surface area (Å²) in [4.78, 5) is 0. The summed E-state index contributed by atoms with van der Waals surface area (Å²) in [5, 5.41) is 8.37. The lowest BCUT2D eigenvalue weighted by Crippen LogP contribution is -1.78. The van der Waals surface area contributed by atoms with E-state index in [-0.39, 0.29) is 6.61 Å². The van der Waals surface area contributed by atoms with E-state index in [4.69, 9.17) is 5.11 Å². The number of hydrogen-bond acceptors (Lipinski definition) is 1. The molecule has 1 nitrogen and oxygen atoms in total. The number of rotatable bonds is 6. The van der Waals surface area contributed by atoms with Crippen LogP contribution in [-0.2, 0) is 0 Å². The van der Waals surface area contributed by atoms with Crippen LogP contribution in [0.25, 0.3) is 0 Å². The molecule has 0 spiro atoms. The Bertz CT molecular complexity index is 130. The van der Waals surface area contributed by atoms with Crippen LogP contribution >= 0.6 is 0 Å². The van der Waals surface area contributed by atoms with E-state index in [9.17, 15) is 0 Å². The van der Waals surface area contributed by atoms with Gasteiger partial charge in [0.1, 0.15) is 6.61 Å². The van der Waals surface area contributed by atoms with E-state index in [1.807, 2.05) is 0 Å². The number of aliphatic hydroxyl groups excluding tert-OH is 1. The predicted molar refractivity (Wildman–Crippen MR) is 52.9 cm³/mol. The molecular formula is C11H20O. The lowest BCUT2D eigenvalue weighted by molar-refractivity contribution is 0.350. The SMILES string of the molecule is CCCCCCCCC#CCO. The second kappa shape index (κ2) is 10.5. The van der Waals surface area contributed by atoms with Crippen LogP contribution in [0.4, 0.5) is 0 Å². The normalized spacial score (nSPS) is 9.17.